The van der Waals surface area contributed by atoms with E-state index in [1.807, 2.05) is 0 Å². The average molecular weight is 499 g/mol. The summed E-state index contributed by atoms with van der Waals surface area (Å²) in [6.07, 6.45) is 39.2. The van der Waals surface area contributed by atoms with Gasteiger partial charge in [0.2, 0.25) is 0 Å². The van der Waals surface area contributed by atoms with Crippen LogP contribution in [0.1, 0.15) is 192 Å². The fourth-order valence-corrected chi connectivity index (χ4v) is 5.39. The van der Waals surface area contributed by atoms with Crippen LogP contribution in [0.2, 0.25) is 0 Å². The molecule has 0 N–H and O–H groups in total. The number of hydrogen-bond acceptors (Lipinski definition) is 1. The van der Waals surface area contributed by atoms with Gasteiger partial charge in [-0.05, 0) is 43.9 Å². The van der Waals surface area contributed by atoms with E-state index in [0.29, 0.717) is 0 Å². The van der Waals surface area contributed by atoms with Crippen molar-refractivity contribution in [3.05, 3.63) is 29.6 Å². The second-order valence-electron chi connectivity index (χ2n) is 11.5. The molecule has 0 aliphatic heterocycles. The van der Waals surface area contributed by atoms with Gasteiger partial charge in [-0.15, -0.1) is 0 Å². The maximum absolute atomic E-state index is 4.93. The van der Waals surface area contributed by atoms with Crippen LogP contribution in [0.25, 0.3) is 0 Å². The molecule has 0 aliphatic rings. The molecule has 1 heterocycles. The summed E-state index contributed by atoms with van der Waals surface area (Å²) in [5.41, 5.74) is 2.54. The molecule has 0 fully saturated rings. The van der Waals surface area contributed by atoms with Crippen molar-refractivity contribution in [1.29, 1.82) is 0 Å². The molecule has 1 heteroatoms. The summed E-state index contributed by atoms with van der Waals surface area (Å²) < 4.78 is 0. The van der Waals surface area contributed by atoms with Crippen LogP contribution in [-0.4, -0.2) is 4.98 Å². The fourth-order valence-electron chi connectivity index (χ4n) is 5.39. The number of pyridine rings is 1. The molecule has 0 unspecified atom stereocenters. The van der Waals surface area contributed by atoms with Crippen LogP contribution in [0.15, 0.2) is 12.1 Å². The van der Waals surface area contributed by atoms with Gasteiger partial charge in [0, 0.05) is 11.4 Å². The van der Waals surface area contributed by atoms with E-state index in [2.05, 4.69) is 32.0 Å². The Bertz CT molecular complexity index is 506. The average Bonchev–Trinajstić information content (AvgIpc) is 2.90. The van der Waals surface area contributed by atoms with Crippen LogP contribution in [0.5, 0.6) is 0 Å². The Hall–Kier alpha value is -0.850. The standard InChI is InChI=1S/C35H64N/c1-3-5-7-9-11-13-15-17-19-21-23-25-27-30-34-32-29-33-35(36-34)31-28-26-24-22-20-18-16-14-12-10-8-6-4-2/h32-33H,3-28,30-31H2,1-2H3. The summed E-state index contributed by atoms with van der Waals surface area (Å²) in [4.78, 5) is 4.93. The monoisotopic (exact) mass is 499 g/mol. The van der Waals surface area contributed by atoms with Gasteiger partial charge in [0.05, 0.1) is 0 Å². The largest absolute Gasteiger partial charge is 0.258 e. The minimum absolute atomic E-state index is 1.14. The van der Waals surface area contributed by atoms with E-state index in [9.17, 15) is 0 Å². The number of aryl methyl sites for hydroxylation is 2. The van der Waals surface area contributed by atoms with Gasteiger partial charge in [-0.25, -0.2) is 0 Å². The Morgan fingerprint density at radius 2 is 0.639 bits per heavy atom. The second-order valence-corrected chi connectivity index (χ2v) is 11.5. The summed E-state index contributed by atoms with van der Waals surface area (Å²) in [6.45, 7) is 4.60. The van der Waals surface area contributed by atoms with E-state index >= 15 is 0 Å². The Morgan fingerprint density at radius 1 is 0.389 bits per heavy atom. The molecule has 0 aromatic carbocycles. The Morgan fingerprint density at radius 3 is 0.917 bits per heavy atom. The van der Waals surface area contributed by atoms with E-state index in [-0.39, 0.29) is 0 Å². The van der Waals surface area contributed by atoms with Crippen molar-refractivity contribution in [3.63, 3.8) is 0 Å². The molecular weight excluding hydrogens is 434 g/mol. The molecular formula is C35H64N. The predicted octanol–water partition coefficient (Wildman–Crippen LogP) is 12.1. The highest BCUT2D eigenvalue weighted by Gasteiger charge is 2.01. The van der Waals surface area contributed by atoms with Gasteiger partial charge in [-0.3, -0.25) is 4.98 Å². The molecule has 1 nitrogen and oxygen atoms in total. The predicted molar refractivity (Wildman–Crippen MR) is 162 cm³/mol. The van der Waals surface area contributed by atoms with Crippen LogP contribution in [0.3, 0.4) is 0 Å². The van der Waals surface area contributed by atoms with Crippen LogP contribution in [0.4, 0.5) is 0 Å². The van der Waals surface area contributed by atoms with Crippen molar-refractivity contribution in [2.75, 3.05) is 0 Å². The quantitative estimate of drug-likeness (QED) is 0.105. The summed E-state index contributed by atoms with van der Waals surface area (Å²) in [6, 6.07) is 7.60. The minimum Gasteiger partial charge on any atom is -0.258 e. The number of nitrogens with zero attached hydrogens (tertiary/aromatic N) is 1. The molecule has 0 aliphatic carbocycles. The summed E-state index contributed by atoms with van der Waals surface area (Å²) in [5, 5.41) is 0. The van der Waals surface area contributed by atoms with E-state index in [1.54, 1.807) is 0 Å². The molecule has 1 aromatic rings. The smallest absolute Gasteiger partial charge is 0.0413 e. The summed E-state index contributed by atoms with van der Waals surface area (Å²) in [5.74, 6) is 0. The highest BCUT2D eigenvalue weighted by atomic mass is 14.7. The lowest BCUT2D eigenvalue weighted by atomic mass is 10.0. The fraction of sp³-hybridized carbons (Fsp3) is 0.857. The molecule has 209 valence electrons. The highest BCUT2D eigenvalue weighted by Crippen LogP contribution is 2.15. The maximum atomic E-state index is 4.93. The third-order valence-corrected chi connectivity index (χ3v) is 7.86. The van der Waals surface area contributed by atoms with Crippen molar-refractivity contribution in [1.82, 2.24) is 4.98 Å². The third-order valence-electron chi connectivity index (χ3n) is 7.86. The van der Waals surface area contributed by atoms with Gasteiger partial charge in [0.1, 0.15) is 0 Å². The maximum Gasteiger partial charge on any atom is 0.0413 e. The number of hydrogen-bond donors (Lipinski definition) is 0. The van der Waals surface area contributed by atoms with Crippen LogP contribution in [-0.2, 0) is 12.8 Å². The zero-order chi connectivity index (χ0) is 25.8. The molecule has 0 amide bonds. The first-order valence-electron chi connectivity index (χ1n) is 16.7. The summed E-state index contributed by atoms with van der Waals surface area (Å²) >= 11 is 0. The Labute approximate surface area is 228 Å². The molecule has 0 bridgehead atoms. The van der Waals surface area contributed by atoms with E-state index in [4.69, 9.17) is 4.98 Å². The number of aromatic nitrogens is 1. The zero-order valence-electron chi connectivity index (χ0n) is 24.9. The first kappa shape index (κ1) is 33.2. The molecule has 36 heavy (non-hydrogen) atoms. The van der Waals surface area contributed by atoms with E-state index < -0.39 is 0 Å². The van der Waals surface area contributed by atoms with Crippen molar-refractivity contribution >= 4 is 0 Å². The molecule has 1 radical (unpaired) electrons. The molecule has 0 spiro atoms. The lowest BCUT2D eigenvalue weighted by molar-refractivity contribution is 0.537. The Balaban J connectivity index is 1.89. The Kier molecular flexibility index (Phi) is 25.1. The third kappa shape index (κ3) is 22.4. The van der Waals surface area contributed by atoms with Gasteiger partial charge >= 0.3 is 0 Å². The van der Waals surface area contributed by atoms with Crippen molar-refractivity contribution in [2.24, 2.45) is 0 Å². The molecule has 0 saturated heterocycles. The molecule has 1 aromatic heterocycles. The second kappa shape index (κ2) is 27.2. The van der Waals surface area contributed by atoms with Gasteiger partial charge in [0.25, 0.3) is 0 Å². The van der Waals surface area contributed by atoms with Gasteiger partial charge < -0.3 is 0 Å². The SMILES string of the molecule is CCCCCCCCCCCCCCCc1c[c]cc(CCCCCCCCCCCCCCC)n1. The number of unbranched alkanes of at least 4 members (excludes halogenated alkanes) is 24. The van der Waals surface area contributed by atoms with Gasteiger partial charge in [-0.1, -0.05) is 168 Å². The van der Waals surface area contributed by atoms with Crippen molar-refractivity contribution < 1.29 is 0 Å². The topological polar surface area (TPSA) is 12.9 Å². The molecule has 1 rings (SSSR count). The van der Waals surface area contributed by atoms with Gasteiger partial charge in [-0.2, -0.15) is 0 Å². The molecule has 0 atom stereocenters. The van der Waals surface area contributed by atoms with Crippen LogP contribution >= 0.6 is 0 Å². The lowest BCUT2D eigenvalue weighted by Crippen LogP contribution is -1.96. The van der Waals surface area contributed by atoms with Crippen LogP contribution in [0, 0.1) is 6.07 Å². The first-order chi connectivity index (χ1) is 17.9. The summed E-state index contributed by atoms with van der Waals surface area (Å²) in [7, 11) is 0. The van der Waals surface area contributed by atoms with Crippen molar-refractivity contribution in [3.8, 4) is 0 Å². The number of rotatable bonds is 28. The van der Waals surface area contributed by atoms with E-state index in [1.165, 1.54) is 178 Å². The zero-order valence-corrected chi connectivity index (χ0v) is 24.9. The van der Waals surface area contributed by atoms with E-state index in [0.717, 1.165) is 12.8 Å². The van der Waals surface area contributed by atoms with Crippen molar-refractivity contribution in [2.45, 2.75) is 194 Å². The van der Waals surface area contributed by atoms with Gasteiger partial charge in [0.15, 0.2) is 0 Å². The van der Waals surface area contributed by atoms with Crippen LogP contribution < -0.4 is 0 Å². The minimum atomic E-state index is 1.14. The lowest BCUT2D eigenvalue weighted by Gasteiger charge is -2.06. The first-order valence-corrected chi connectivity index (χ1v) is 16.7. The molecule has 0 saturated carbocycles. The highest BCUT2D eigenvalue weighted by molar-refractivity contribution is 5.10. The normalized spacial score (nSPS) is 11.4.